The molecule has 0 spiro atoms. The Morgan fingerprint density at radius 1 is 1.13 bits per heavy atom. The predicted molar refractivity (Wildman–Crippen MR) is 126 cm³/mol. The summed E-state index contributed by atoms with van der Waals surface area (Å²) in [5.74, 6) is 0.685. The summed E-state index contributed by atoms with van der Waals surface area (Å²) in [7, 11) is 3.08. The van der Waals surface area contributed by atoms with Crippen molar-refractivity contribution in [3.05, 3.63) is 72.1 Å². The zero-order chi connectivity index (χ0) is 21.8. The number of anilines is 1. The number of methoxy groups -OCH3 is 2. The molecule has 2 aromatic carbocycles. The molecular weight excluding hydrogens is 430 g/mol. The van der Waals surface area contributed by atoms with Crippen LogP contribution in [0.15, 0.2) is 65.8 Å². The number of amides is 1. The molecule has 0 aliphatic heterocycles. The maximum atomic E-state index is 13.7. The second-order valence-electron chi connectivity index (χ2n) is 6.62. The van der Waals surface area contributed by atoms with Crippen LogP contribution < -0.4 is 14.4 Å². The van der Waals surface area contributed by atoms with Gasteiger partial charge >= 0.3 is 0 Å². The number of pyridine rings is 1. The van der Waals surface area contributed by atoms with Gasteiger partial charge in [-0.3, -0.25) is 14.7 Å². The first-order valence-electron chi connectivity index (χ1n) is 9.51. The predicted octanol–water partition coefficient (Wildman–Crippen LogP) is 5.28. The highest BCUT2D eigenvalue weighted by atomic mass is 32.2. The Morgan fingerprint density at radius 3 is 2.71 bits per heavy atom. The summed E-state index contributed by atoms with van der Waals surface area (Å²) >= 11 is 3.16. The Bertz CT molecular complexity index is 1210. The first-order valence-corrected chi connectivity index (χ1v) is 11.5. The van der Waals surface area contributed by atoms with Crippen LogP contribution in [0.2, 0.25) is 0 Å². The highest BCUT2D eigenvalue weighted by Gasteiger charge is 2.26. The molecule has 31 heavy (non-hydrogen) atoms. The zero-order valence-electron chi connectivity index (χ0n) is 17.4. The first-order chi connectivity index (χ1) is 15.1. The molecule has 2 aromatic heterocycles. The van der Waals surface area contributed by atoms with Gasteiger partial charge in [-0.1, -0.05) is 23.5 Å². The van der Waals surface area contributed by atoms with Gasteiger partial charge < -0.3 is 9.47 Å². The molecule has 158 valence electrons. The van der Waals surface area contributed by atoms with Gasteiger partial charge in [0.1, 0.15) is 0 Å². The molecule has 0 unspecified atom stereocenters. The maximum Gasteiger partial charge on any atom is 0.264 e. The molecule has 1 amide bonds. The van der Waals surface area contributed by atoms with Crippen LogP contribution in [-0.4, -0.2) is 36.4 Å². The number of hydrogen-bond donors (Lipinski definition) is 0. The number of aromatic nitrogens is 2. The van der Waals surface area contributed by atoms with Gasteiger partial charge in [0.15, 0.2) is 16.6 Å². The fourth-order valence-electron chi connectivity index (χ4n) is 3.24. The lowest BCUT2D eigenvalue weighted by Gasteiger charge is -2.21. The third-order valence-corrected chi connectivity index (χ3v) is 6.52. The van der Waals surface area contributed by atoms with Crippen LogP contribution >= 0.6 is 23.1 Å². The molecule has 0 radical (unpaired) electrons. The number of carbonyl (C=O) groups excluding carboxylic acids is 1. The van der Waals surface area contributed by atoms with Crippen molar-refractivity contribution < 1.29 is 14.3 Å². The number of benzene rings is 2. The quantitative estimate of drug-likeness (QED) is 0.356. The molecule has 4 aromatic rings. The van der Waals surface area contributed by atoms with E-state index in [4.69, 9.17) is 14.5 Å². The average Bonchev–Trinajstić information content (AvgIpc) is 3.25. The van der Waals surface area contributed by atoms with Crippen molar-refractivity contribution in [2.75, 3.05) is 25.4 Å². The van der Waals surface area contributed by atoms with E-state index < -0.39 is 0 Å². The summed E-state index contributed by atoms with van der Waals surface area (Å²) in [5.41, 5.74) is 2.18. The Morgan fingerprint density at radius 2 is 2.00 bits per heavy atom. The summed E-state index contributed by atoms with van der Waals surface area (Å²) in [6.07, 6.45) is 5.50. The SMILES string of the molecule is COc1cccc(C(=O)N(Cc2cccnc2)c2nc3ccc(SC)cc3s2)c1OC. The summed E-state index contributed by atoms with van der Waals surface area (Å²) in [5, 5.41) is 0.618. The molecule has 0 saturated carbocycles. The van der Waals surface area contributed by atoms with E-state index in [2.05, 4.69) is 11.1 Å². The van der Waals surface area contributed by atoms with Crippen LogP contribution in [0.25, 0.3) is 10.2 Å². The van der Waals surface area contributed by atoms with Gasteiger partial charge in [-0.05, 0) is 48.2 Å². The van der Waals surface area contributed by atoms with Crippen LogP contribution in [0.3, 0.4) is 0 Å². The topological polar surface area (TPSA) is 64.5 Å². The number of rotatable bonds is 7. The minimum atomic E-state index is -0.219. The lowest BCUT2D eigenvalue weighted by atomic mass is 10.1. The molecule has 6 nitrogen and oxygen atoms in total. The molecule has 0 saturated heterocycles. The molecule has 8 heteroatoms. The number of nitrogens with zero attached hydrogens (tertiary/aromatic N) is 3. The summed E-state index contributed by atoms with van der Waals surface area (Å²) in [6.45, 7) is 0.336. The van der Waals surface area contributed by atoms with Crippen LogP contribution in [0, 0.1) is 0 Å². The molecule has 0 N–H and O–H groups in total. The molecule has 0 fully saturated rings. The number of ether oxygens (including phenoxy) is 2. The van der Waals surface area contributed by atoms with Crippen LogP contribution in [0.1, 0.15) is 15.9 Å². The van der Waals surface area contributed by atoms with Gasteiger partial charge in [-0.2, -0.15) is 0 Å². The molecule has 0 aliphatic carbocycles. The van der Waals surface area contributed by atoms with Gasteiger partial charge in [0.25, 0.3) is 5.91 Å². The third-order valence-electron chi connectivity index (χ3n) is 4.76. The van der Waals surface area contributed by atoms with E-state index in [-0.39, 0.29) is 5.91 Å². The van der Waals surface area contributed by atoms with Crippen LogP contribution in [-0.2, 0) is 6.54 Å². The fourth-order valence-corrected chi connectivity index (χ4v) is 4.75. The van der Waals surface area contributed by atoms with E-state index in [1.54, 1.807) is 54.4 Å². The van der Waals surface area contributed by atoms with E-state index in [0.717, 1.165) is 20.7 Å². The smallest absolute Gasteiger partial charge is 0.264 e. The fraction of sp³-hybridized carbons (Fsp3) is 0.174. The van der Waals surface area contributed by atoms with Crippen LogP contribution in [0.4, 0.5) is 5.13 Å². The van der Waals surface area contributed by atoms with Gasteiger partial charge in [0.2, 0.25) is 0 Å². The third kappa shape index (κ3) is 4.35. The summed E-state index contributed by atoms with van der Waals surface area (Å²) in [4.78, 5) is 25.5. The number of para-hydroxylation sites is 1. The van der Waals surface area contributed by atoms with Crippen LogP contribution in [0.5, 0.6) is 11.5 Å². The number of hydrogen-bond acceptors (Lipinski definition) is 7. The Kier molecular flexibility index (Phi) is 6.39. The van der Waals surface area contributed by atoms with Gasteiger partial charge in [0.05, 0.1) is 36.5 Å². The van der Waals surface area contributed by atoms with E-state index in [1.807, 2.05) is 30.5 Å². The number of carbonyl (C=O) groups is 1. The summed E-state index contributed by atoms with van der Waals surface area (Å²) in [6, 6.07) is 15.2. The lowest BCUT2D eigenvalue weighted by molar-refractivity contribution is 0.0981. The Labute approximate surface area is 188 Å². The largest absolute Gasteiger partial charge is 0.493 e. The molecule has 2 heterocycles. The average molecular weight is 452 g/mol. The highest BCUT2D eigenvalue weighted by Crippen LogP contribution is 2.36. The van der Waals surface area contributed by atoms with E-state index in [0.29, 0.717) is 28.7 Å². The van der Waals surface area contributed by atoms with Crippen molar-refractivity contribution in [2.24, 2.45) is 0 Å². The number of thiazole rings is 1. The molecular formula is C23H21N3O3S2. The second-order valence-corrected chi connectivity index (χ2v) is 8.51. The van der Waals surface area contributed by atoms with Crippen molar-refractivity contribution in [1.82, 2.24) is 9.97 Å². The minimum Gasteiger partial charge on any atom is -0.493 e. The zero-order valence-corrected chi connectivity index (χ0v) is 19.0. The van der Waals surface area contributed by atoms with Crippen molar-refractivity contribution >= 4 is 44.4 Å². The van der Waals surface area contributed by atoms with E-state index in [9.17, 15) is 4.79 Å². The molecule has 0 aliphatic rings. The van der Waals surface area contributed by atoms with E-state index >= 15 is 0 Å². The molecule has 0 atom stereocenters. The summed E-state index contributed by atoms with van der Waals surface area (Å²) < 4.78 is 11.9. The van der Waals surface area contributed by atoms with Crippen molar-refractivity contribution in [1.29, 1.82) is 0 Å². The number of fused-ring (bicyclic) bond motifs is 1. The van der Waals surface area contributed by atoms with Crippen molar-refractivity contribution in [2.45, 2.75) is 11.4 Å². The standard InChI is InChI=1S/C23H21N3O3S2/c1-28-19-8-4-7-17(21(19)29-2)22(27)26(14-15-6-5-11-24-13-15)23-25-18-10-9-16(30-3)12-20(18)31-23/h4-13H,14H2,1-3H3. The first kappa shape index (κ1) is 21.1. The van der Waals surface area contributed by atoms with Gasteiger partial charge in [0, 0.05) is 17.3 Å². The van der Waals surface area contributed by atoms with Crippen molar-refractivity contribution in [3.63, 3.8) is 0 Å². The van der Waals surface area contributed by atoms with Crippen molar-refractivity contribution in [3.8, 4) is 11.5 Å². The normalized spacial score (nSPS) is 10.8. The molecule has 0 bridgehead atoms. The highest BCUT2D eigenvalue weighted by molar-refractivity contribution is 7.98. The second kappa shape index (κ2) is 9.36. The minimum absolute atomic E-state index is 0.219. The monoisotopic (exact) mass is 451 g/mol. The van der Waals surface area contributed by atoms with Gasteiger partial charge in [-0.15, -0.1) is 11.8 Å². The van der Waals surface area contributed by atoms with E-state index in [1.165, 1.54) is 18.4 Å². The Balaban J connectivity index is 1.81. The Hall–Kier alpha value is -3.10. The lowest BCUT2D eigenvalue weighted by Crippen LogP contribution is -2.30. The number of thioether (sulfide) groups is 1. The maximum absolute atomic E-state index is 13.7. The molecule has 4 rings (SSSR count). The van der Waals surface area contributed by atoms with Gasteiger partial charge in [-0.25, -0.2) is 4.98 Å².